The molecule has 1 saturated carbocycles. The molecule has 0 bridgehead atoms. The van der Waals surface area contributed by atoms with Gasteiger partial charge in [0.25, 0.3) is 0 Å². The summed E-state index contributed by atoms with van der Waals surface area (Å²) in [5.41, 5.74) is -0.0586. The summed E-state index contributed by atoms with van der Waals surface area (Å²) in [7, 11) is 0. The maximum Gasteiger partial charge on any atom is 0.407 e. The van der Waals surface area contributed by atoms with Crippen LogP contribution in [0.2, 0.25) is 0 Å². The Labute approximate surface area is 90.8 Å². The number of nitrogens with one attached hydrogen (secondary N) is 2. The van der Waals surface area contributed by atoms with Crippen molar-refractivity contribution in [3.05, 3.63) is 0 Å². The summed E-state index contributed by atoms with van der Waals surface area (Å²) in [6, 6.07) is 0.322. The lowest BCUT2D eigenvalue weighted by molar-refractivity contribution is 0.0517. The van der Waals surface area contributed by atoms with Gasteiger partial charge >= 0.3 is 6.09 Å². The fourth-order valence-electron chi connectivity index (χ4n) is 2.24. The first-order valence-electron chi connectivity index (χ1n) is 5.62. The highest BCUT2D eigenvalue weighted by Crippen LogP contribution is 2.50. The van der Waals surface area contributed by atoms with Crippen LogP contribution in [0.3, 0.4) is 0 Å². The van der Waals surface area contributed by atoms with Gasteiger partial charge in [-0.3, -0.25) is 0 Å². The fraction of sp³-hybridized carbons (Fsp3) is 0.909. The Hall–Kier alpha value is -0.770. The summed E-state index contributed by atoms with van der Waals surface area (Å²) in [5, 5.41) is 6.28. The Bertz CT molecular complexity index is 264. The molecule has 0 radical (unpaired) electrons. The van der Waals surface area contributed by atoms with E-state index in [0.29, 0.717) is 11.5 Å². The Kier molecular flexibility index (Phi) is 2.41. The van der Waals surface area contributed by atoms with Crippen LogP contribution in [0, 0.1) is 5.41 Å². The zero-order valence-electron chi connectivity index (χ0n) is 9.72. The molecule has 15 heavy (non-hydrogen) atoms. The topological polar surface area (TPSA) is 50.4 Å². The molecular formula is C11H20N2O2. The Balaban J connectivity index is 1.77. The minimum absolute atomic E-state index is 0.281. The Morgan fingerprint density at radius 3 is 2.80 bits per heavy atom. The molecule has 1 unspecified atom stereocenters. The number of carbonyl (C=O) groups excluding carboxylic acids is 1. The first kappa shape index (κ1) is 10.7. The number of rotatable bonds is 1. The first-order chi connectivity index (χ1) is 6.91. The number of ether oxygens (including phenoxy) is 1. The van der Waals surface area contributed by atoms with E-state index in [0.717, 1.165) is 19.5 Å². The van der Waals surface area contributed by atoms with Crippen LogP contribution in [0.5, 0.6) is 0 Å². The zero-order chi connectivity index (χ0) is 11.1. The molecule has 0 aromatic carbocycles. The lowest BCUT2D eigenvalue weighted by Gasteiger charge is -2.20. The predicted molar refractivity (Wildman–Crippen MR) is 57.7 cm³/mol. The highest BCUT2D eigenvalue weighted by Gasteiger charge is 2.56. The maximum atomic E-state index is 11.5. The standard InChI is InChI=1S/C11H20N2O2/c1-10(2,3)15-9(14)13-8-6-11(8)4-5-12-7-11/h8,12H,4-7H2,1-3H3,(H,13,14)/t8-,11?/m0/s1. The summed E-state index contributed by atoms with van der Waals surface area (Å²) < 4.78 is 5.22. The van der Waals surface area contributed by atoms with Gasteiger partial charge in [-0.15, -0.1) is 0 Å². The van der Waals surface area contributed by atoms with Crippen LogP contribution >= 0.6 is 0 Å². The monoisotopic (exact) mass is 212 g/mol. The Morgan fingerprint density at radius 2 is 2.27 bits per heavy atom. The average Bonchev–Trinajstić information content (AvgIpc) is 2.54. The second kappa shape index (κ2) is 3.37. The van der Waals surface area contributed by atoms with Crippen molar-refractivity contribution in [1.82, 2.24) is 10.6 Å². The van der Waals surface area contributed by atoms with E-state index >= 15 is 0 Å². The van der Waals surface area contributed by atoms with Crippen molar-refractivity contribution in [2.45, 2.75) is 45.3 Å². The summed E-state index contributed by atoms with van der Waals surface area (Å²) >= 11 is 0. The molecule has 0 aromatic heterocycles. The van der Waals surface area contributed by atoms with Crippen molar-refractivity contribution in [2.75, 3.05) is 13.1 Å². The molecule has 0 aromatic rings. The first-order valence-corrected chi connectivity index (χ1v) is 5.62. The van der Waals surface area contributed by atoms with Gasteiger partial charge in [0.1, 0.15) is 5.60 Å². The molecule has 2 atom stereocenters. The number of amides is 1. The summed E-state index contributed by atoms with van der Waals surface area (Å²) in [5.74, 6) is 0. The highest BCUT2D eigenvalue weighted by molar-refractivity contribution is 5.68. The minimum atomic E-state index is -0.403. The van der Waals surface area contributed by atoms with E-state index < -0.39 is 5.60 Å². The minimum Gasteiger partial charge on any atom is -0.444 e. The number of carbonyl (C=O) groups is 1. The van der Waals surface area contributed by atoms with Gasteiger partial charge in [-0.2, -0.15) is 0 Å². The van der Waals surface area contributed by atoms with Gasteiger partial charge in [0, 0.05) is 18.0 Å². The van der Waals surface area contributed by atoms with Crippen molar-refractivity contribution in [2.24, 2.45) is 5.41 Å². The molecule has 2 rings (SSSR count). The van der Waals surface area contributed by atoms with Crippen molar-refractivity contribution < 1.29 is 9.53 Å². The van der Waals surface area contributed by atoms with Gasteiger partial charge in [-0.1, -0.05) is 0 Å². The average molecular weight is 212 g/mol. The van der Waals surface area contributed by atoms with Crippen LogP contribution in [0.25, 0.3) is 0 Å². The van der Waals surface area contributed by atoms with E-state index in [1.165, 1.54) is 6.42 Å². The lowest BCUT2D eigenvalue weighted by Crippen LogP contribution is -2.36. The van der Waals surface area contributed by atoms with Crippen LogP contribution in [-0.4, -0.2) is 30.8 Å². The van der Waals surface area contributed by atoms with Gasteiger partial charge in [-0.05, 0) is 40.2 Å². The fourth-order valence-corrected chi connectivity index (χ4v) is 2.24. The van der Waals surface area contributed by atoms with Crippen molar-refractivity contribution in [3.8, 4) is 0 Å². The smallest absolute Gasteiger partial charge is 0.407 e. The number of alkyl carbamates (subject to hydrolysis) is 1. The van der Waals surface area contributed by atoms with Gasteiger partial charge < -0.3 is 15.4 Å². The van der Waals surface area contributed by atoms with Gasteiger partial charge in [0.15, 0.2) is 0 Å². The normalized spacial score (nSPS) is 34.2. The lowest BCUT2D eigenvalue weighted by atomic mass is 10.1. The Morgan fingerprint density at radius 1 is 1.53 bits per heavy atom. The van der Waals surface area contributed by atoms with Gasteiger partial charge in [0.05, 0.1) is 0 Å². The van der Waals surface area contributed by atoms with Crippen LogP contribution in [-0.2, 0) is 4.74 Å². The summed E-state index contributed by atoms with van der Waals surface area (Å²) in [4.78, 5) is 11.5. The van der Waals surface area contributed by atoms with E-state index in [2.05, 4.69) is 10.6 Å². The van der Waals surface area contributed by atoms with E-state index in [9.17, 15) is 4.79 Å². The molecule has 4 heteroatoms. The number of hydrogen-bond donors (Lipinski definition) is 2. The van der Waals surface area contributed by atoms with E-state index in [1.807, 2.05) is 20.8 Å². The molecule has 4 nitrogen and oxygen atoms in total. The summed E-state index contributed by atoms with van der Waals surface area (Å²) in [6.45, 7) is 7.76. The molecule has 1 spiro atoms. The molecule has 1 aliphatic carbocycles. The second-order valence-corrected chi connectivity index (χ2v) is 5.69. The molecule has 2 fully saturated rings. The maximum absolute atomic E-state index is 11.5. The predicted octanol–water partition coefficient (Wildman–Crippen LogP) is 1.26. The van der Waals surface area contributed by atoms with Crippen LogP contribution in [0.4, 0.5) is 4.79 Å². The zero-order valence-corrected chi connectivity index (χ0v) is 9.72. The highest BCUT2D eigenvalue weighted by atomic mass is 16.6. The quantitative estimate of drug-likeness (QED) is 0.688. The third-order valence-corrected chi connectivity index (χ3v) is 3.16. The summed E-state index contributed by atoms with van der Waals surface area (Å²) in [6.07, 6.45) is 1.99. The van der Waals surface area contributed by atoms with Gasteiger partial charge in [0.2, 0.25) is 0 Å². The largest absolute Gasteiger partial charge is 0.444 e. The third kappa shape index (κ3) is 2.43. The van der Waals surface area contributed by atoms with Crippen molar-refractivity contribution in [1.29, 1.82) is 0 Å². The van der Waals surface area contributed by atoms with E-state index in [1.54, 1.807) is 0 Å². The molecule has 2 N–H and O–H groups in total. The molecule has 1 heterocycles. The van der Waals surface area contributed by atoms with Crippen molar-refractivity contribution >= 4 is 6.09 Å². The SMILES string of the molecule is CC(C)(C)OC(=O)N[C@H]1CC12CCNC2. The third-order valence-electron chi connectivity index (χ3n) is 3.16. The van der Waals surface area contributed by atoms with E-state index in [4.69, 9.17) is 4.74 Å². The molecule has 1 saturated heterocycles. The van der Waals surface area contributed by atoms with Crippen LogP contribution in [0.15, 0.2) is 0 Å². The number of hydrogen-bond acceptors (Lipinski definition) is 3. The van der Waals surface area contributed by atoms with Gasteiger partial charge in [-0.25, -0.2) is 4.79 Å². The van der Waals surface area contributed by atoms with Crippen LogP contribution in [0.1, 0.15) is 33.6 Å². The van der Waals surface area contributed by atoms with Crippen molar-refractivity contribution in [3.63, 3.8) is 0 Å². The molecule has 1 aliphatic heterocycles. The van der Waals surface area contributed by atoms with Crippen LogP contribution < -0.4 is 10.6 Å². The second-order valence-electron chi connectivity index (χ2n) is 5.69. The molecule has 1 amide bonds. The van der Waals surface area contributed by atoms with E-state index in [-0.39, 0.29) is 6.09 Å². The molecule has 86 valence electrons. The molecular weight excluding hydrogens is 192 g/mol. The molecule has 2 aliphatic rings.